The smallest absolute Gasteiger partial charge is 0.335 e. The number of aromatic carboxylic acids is 1. The summed E-state index contributed by atoms with van der Waals surface area (Å²) in [7, 11) is 0. The Morgan fingerprint density at radius 3 is 2.54 bits per heavy atom. The van der Waals surface area contributed by atoms with E-state index in [1.165, 1.54) is 16.4 Å². The lowest BCUT2D eigenvalue weighted by Crippen LogP contribution is -2.08. The second-order valence-corrected chi connectivity index (χ2v) is 5.85. The van der Waals surface area contributed by atoms with Gasteiger partial charge < -0.3 is 10.8 Å². The largest absolute Gasteiger partial charge is 0.478 e. The zero-order valence-electron chi connectivity index (χ0n) is 12.7. The topological polar surface area (TPSA) is 120 Å². The molecular weight excluding hydrogens is 328 g/mol. The Morgan fingerprint density at radius 1 is 1.21 bits per heavy atom. The van der Waals surface area contributed by atoms with Crippen LogP contribution in [-0.4, -0.2) is 35.8 Å². The second-order valence-electron chi connectivity index (χ2n) is 4.80. The molecule has 3 rings (SSSR count). The Kier molecular flexibility index (Phi) is 4.43. The van der Waals surface area contributed by atoms with Gasteiger partial charge in [-0.15, -0.1) is 5.10 Å². The van der Waals surface area contributed by atoms with E-state index in [0.717, 1.165) is 4.90 Å². The molecule has 3 N–H and O–H groups in total. The van der Waals surface area contributed by atoms with Crippen molar-refractivity contribution in [2.75, 3.05) is 5.73 Å². The average Bonchev–Trinajstić information content (AvgIpc) is 3.01. The molecule has 9 heteroatoms. The Morgan fingerprint density at radius 2 is 1.96 bits per heavy atom. The lowest BCUT2D eigenvalue weighted by molar-refractivity contribution is 0.0697. The van der Waals surface area contributed by atoms with Gasteiger partial charge in [0.15, 0.2) is 5.16 Å². The third kappa shape index (κ3) is 3.51. The van der Waals surface area contributed by atoms with Gasteiger partial charge in [-0.3, -0.25) is 0 Å². The molecule has 0 fully saturated rings. The summed E-state index contributed by atoms with van der Waals surface area (Å²) in [5.41, 5.74) is 5.86. The molecule has 0 radical (unpaired) electrons. The number of hydrogen-bond donors (Lipinski definition) is 2. The van der Waals surface area contributed by atoms with Crippen LogP contribution >= 0.6 is 11.8 Å². The van der Waals surface area contributed by atoms with Crippen molar-refractivity contribution < 1.29 is 9.90 Å². The zero-order chi connectivity index (χ0) is 17.1. The Bertz CT molecular complexity index is 878. The number of hydrogen-bond acceptors (Lipinski definition) is 7. The van der Waals surface area contributed by atoms with Crippen LogP contribution in [0.4, 0.5) is 5.82 Å². The van der Waals surface area contributed by atoms with Gasteiger partial charge >= 0.3 is 5.97 Å². The highest BCUT2D eigenvalue weighted by atomic mass is 32.2. The monoisotopic (exact) mass is 342 g/mol. The summed E-state index contributed by atoms with van der Waals surface area (Å²) in [4.78, 5) is 24.9. The summed E-state index contributed by atoms with van der Waals surface area (Å²) in [6.07, 6.45) is 2.33. The first-order valence-electron chi connectivity index (χ1n) is 7.13. The summed E-state index contributed by atoms with van der Waals surface area (Å²) in [5.74, 6) is 0.451. The number of nitrogens with two attached hydrogens (primary N) is 1. The van der Waals surface area contributed by atoms with Gasteiger partial charge in [0.1, 0.15) is 11.6 Å². The van der Waals surface area contributed by atoms with E-state index in [2.05, 4.69) is 20.1 Å². The molecule has 2 aromatic heterocycles. The number of nitrogens with zero attached hydrogens (tertiary/aromatic N) is 5. The maximum Gasteiger partial charge on any atom is 0.335 e. The van der Waals surface area contributed by atoms with Crippen LogP contribution in [0.3, 0.4) is 0 Å². The lowest BCUT2D eigenvalue weighted by atomic mass is 10.2. The predicted molar refractivity (Wildman–Crippen MR) is 88.3 cm³/mol. The summed E-state index contributed by atoms with van der Waals surface area (Å²) in [6, 6.07) is 8.18. The third-order valence-electron chi connectivity index (χ3n) is 3.09. The highest BCUT2D eigenvalue weighted by Gasteiger charge is 2.10. The molecule has 2 heterocycles. The van der Waals surface area contributed by atoms with Gasteiger partial charge in [-0.25, -0.2) is 14.5 Å². The summed E-state index contributed by atoms with van der Waals surface area (Å²) in [6.45, 7) is 1.95. The van der Waals surface area contributed by atoms with E-state index in [9.17, 15) is 4.79 Å². The molecule has 24 heavy (non-hydrogen) atoms. The van der Waals surface area contributed by atoms with E-state index < -0.39 is 5.97 Å². The molecule has 0 spiro atoms. The number of aromatic nitrogens is 5. The highest BCUT2D eigenvalue weighted by Crippen LogP contribution is 2.25. The normalized spacial score (nSPS) is 10.7. The van der Waals surface area contributed by atoms with E-state index in [4.69, 9.17) is 10.8 Å². The Hall–Kier alpha value is -2.94. The van der Waals surface area contributed by atoms with Gasteiger partial charge in [0, 0.05) is 23.6 Å². The standard InChI is InChI=1S/C15H14N6O2S/c1-2-12-17-14(21-8-7-11(16)20-21)19-15(18-12)24-10-5-3-9(4-6-10)13(22)23/h3-8H,2H2,1H3,(H2,16,20)(H,22,23). The van der Waals surface area contributed by atoms with Crippen LogP contribution in [0.2, 0.25) is 0 Å². The first-order valence-corrected chi connectivity index (χ1v) is 7.94. The van der Waals surface area contributed by atoms with Crippen molar-refractivity contribution >= 4 is 23.5 Å². The van der Waals surface area contributed by atoms with E-state index in [1.807, 2.05) is 6.92 Å². The molecule has 8 nitrogen and oxygen atoms in total. The third-order valence-corrected chi connectivity index (χ3v) is 3.96. The molecule has 0 saturated heterocycles. The molecule has 0 amide bonds. The van der Waals surface area contributed by atoms with Crippen molar-refractivity contribution in [3.05, 3.63) is 47.9 Å². The Labute approximate surface area is 141 Å². The molecule has 0 saturated carbocycles. The minimum Gasteiger partial charge on any atom is -0.478 e. The van der Waals surface area contributed by atoms with Crippen LogP contribution < -0.4 is 5.73 Å². The van der Waals surface area contributed by atoms with Gasteiger partial charge in [-0.1, -0.05) is 6.92 Å². The van der Waals surface area contributed by atoms with Crippen molar-refractivity contribution in [1.29, 1.82) is 0 Å². The van der Waals surface area contributed by atoms with Crippen LogP contribution in [0.1, 0.15) is 23.1 Å². The predicted octanol–water partition coefficient (Wildman–Crippen LogP) is 2.05. The maximum atomic E-state index is 10.9. The first-order chi connectivity index (χ1) is 11.5. The van der Waals surface area contributed by atoms with E-state index in [-0.39, 0.29) is 5.56 Å². The van der Waals surface area contributed by atoms with Crippen LogP contribution in [0, 0.1) is 0 Å². The van der Waals surface area contributed by atoms with E-state index >= 15 is 0 Å². The van der Waals surface area contributed by atoms with E-state index in [1.54, 1.807) is 36.5 Å². The molecule has 0 bridgehead atoms. The first kappa shape index (κ1) is 15.9. The highest BCUT2D eigenvalue weighted by molar-refractivity contribution is 7.99. The van der Waals surface area contributed by atoms with Gasteiger partial charge in [0.05, 0.1) is 5.56 Å². The molecule has 0 atom stereocenters. The number of benzene rings is 1. The van der Waals surface area contributed by atoms with Crippen molar-refractivity contribution in [1.82, 2.24) is 24.7 Å². The number of rotatable bonds is 5. The average molecular weight is 342 g/mol. The summed E-state index contributed by atoms with van der Waals surface area (Å²) < 4.78 is 1.49. The molecule has 0 aliphatic rings. The fraction of sp³-hybridized carbons (Fsp3) is 0.133. The molecule has 1 aromatic carbocycles. The molecule has 3 aromatic rings. The minimum absolute atomic E-state index is 0.233. The van der Waals surface area contributed by atoms with Gasteiger partial charge in [0.2, 0.25) is 0 Å². The molecule has 0 aliphatic carbocycles. The number of carboxylic acid groups (broad SMARTS) is 1. The van der Waals surface area contributed by atoms with Crippen LogP contribution in [0.15, 0.2) is 46.6 Å². The van der Waals surface area contributed by atoms with Crippen LogP contribution in [0.25, 0.3) is 5.95 Å². The van der Waals surface area contributed by atoms with Crippen molar-refractivity contribution in [2.24, 2.45) is 0 Å². The fourth-order valence-corrected chi connectivity index (χ4v) is 2.67. The number of nitrogen functional groups attached to an aromatic ring is 1. The van der Waals surface area contributed by atoms with Crippen molar-refractivity contribution in [2.45, 2.75) is 23.4 Å². The zero-order valence-corrected chi connectivity index (χ0v) is 13.6. The Balaban J connectivity index is 1.91. The van der Waals surface area contributed by atoms with Crippen molar-refractivity contribution in [3.8, 4) is 5.95 Å². The van der Waals surface area contributed by atoms with Gasteiger partial charge in [0.25, 0.3) is 5.95 Å². The van der Waals surface area contributed by atoms with Gasteiger partial charge in [-0.2, -0.15) is 9.97 Å². The van der Waals surface area contributed by atoms with E-state index in [0.29, 0.717) is 29.2 Å². The lowest BCUT2D eigenvalue weighted by Gasteiger charge is -2.06. The fourth-order valence-electron chi connectivity index (χ4n) is 1.91. The van der Waals surface area contributed by atoms with Crippen LogP contribution in [-0.2, 0) is 6.42 Å². The molecule has 0 unspecified atom stereocenters. The molecular formula is C15H14N6O2S. The maximum absolute atomic E-state index is 10.9. The van der Waals surface area contributed by atoms with Crippen molar-refractivity contribution in [3.63, 3.8) is 0 Å². The number of carbonyl (C=O) groups is 1. The quantitative estimate of drug-likeness (QED) is 0.723. The van der Waals surface area contributed by atoms with Crippen LogP contribution in [0.5, 0.6) is 0 Å². The molecule has 122 valence electrons. The SMILES string of the molecule is CCc1nc(Sc2ccc(C(=O)O)cc2)nc(-n2ccc(N)n2)n1. The molecule has 0 aliphatic heterocycles. The van der Waals surface area contributed by atoms with Gasteiger partial charge in [-0.05, 0) is 36.0 Å². The summed E-state index contributed by atoms with van der Waals surface area (Å²) in [5, 5.41) is 13.5. The second kappa shape index (κ2) is 6.67. The number of carboxylic acids is 1. The minimum atomic E-state index is -0.960. The number of anilines is 1. The summed E-state index contributed by atoms with van der Waals surface area (Å²) >= 11 is 1.33. The number of aryl methyl sites for hydroxylation is 1.